The molecule has 2 heterocycles. The fourth-order valence-electron chi connectivity index (χ4n) is 3.21. The Bertz CT molecular complexity index is 1310. The van der Waals surface area contributed by atoms with Crippen molar-refractivity contribution in [1.29, 1.82) is 0 Å². The zero-order valence-electron chi connectivity index (χ0n) is 17.5. The van der Waals surface area contributed by atoms with E-state index in [1.807, 2.05) is 24.4 Å². The SMILES string of the molecule is Cc1cc(OCc2ccc(C(=O)Nc3cccc(Cn4cc(Br)cn4)c3)o2)ccc1[N+](=O)[O-]. The molecule has 0 saturated carbocycles. The van der Waals surface area contributed by atoms with Gasteiger partial charge in [-0.1, -0.05) is 12.1 Å². The Kier molecular flexibility index (Phi) is 6.55. The Morgan fingerprint density at radius 1 is 1.24 bits per heavy atom. The van der Waals surface area contributed by atoms with Crippen LogP contribution in [-0.2, 0) is 13.2 Å². The minimum atomic E-state index is -0.442. The Labute approximate surface area is 197 Å². The molecule has 2 aromatic heterocycles. The Hall–Kier alpha value is -3.92. The second kappa shape index (κ2) is 9.70. The van der Waals surface area contributed by atoms with Crippen LogP contribution in [0.25, 0.3) is 0 Å². The first-order valence-electron chi connectivity index (χ1n) is 9.92. The van der Waals surface area contributed by atoms with Crippen LogP contribution >= 0.6 is 15.9 Å². The maximum Gasteiger partial charge on any atom is 0.291 e. The minimum Gasteiger partial charge on any atom is -0.486 e. The standard InChI is InChI=1S/C23H19BrN4O5/c1-15-9-19(5-7-21(15)28(30)31)32-14-20-6-8-22(33-20)23(29)26-18-4-2-3-16(10-18)12-27-13-17(24)11-25-27/h2-11,13H,12,14H2,1H3,(H,26,29). The van der Waals surface area contributed by atoms with Gasteiger partial charge < -0.3 is 14.5 Å². The van der Waals surface area contributed by atoms with Gasteiger partial charge in [-0.25, -0.2) is 0 Å². The topological polar surface area (TPSA) is 112 Å². The number of nitro benzene ring substituents is 1. The molecule has 0 spiro atoms. The Balaban J connectivity index is 1.36. The number of benzene rings is 2. The van der Waals surface area contributed by atoms with Gasteiger partial charge in [0.1, 0.15) is 18.1 Å². The number of ether oxygens (including phenoxy) is 1. The van der Waals surface area contributed by atoms with Crippen LogP contribution in [0.1, 0.15) is 27.4 Å². The summed E-state index contributed by atoms with van der Waals surface area (Å²) in [5.74, 6) is 0.692. The molecule has 168 valence electrons. The van der Waals surface area contributed by atoms with E-state index in [9.17, 15) is 14.9 Å². The minimum absolute atomic E-state index is 0.0286. The number of carbonyl (C=O) groups is 1. The predicted octanol–water partition coefficient (Wildman–Crippen LogP) is 5.33. The molecule has 2 aromatic carbocycles. The summed E-state index contributed by atoms with van der Waals surface area (Å²) in [6.45, 7) is 2.29. The monoisotopic (exact) mass is 510 g/mol. The van der Waals surface area contributed by atoms with Gasteiger partial charge in [-0.15, -0.1) is 0 Å². The van der Waals surface area contributed by atoms with Gasteiger partial charge in [0.25, 0.3) is 11.6 Å². The van der Waals surface area contributed by atoms with Gasteiger partial charge in [-0.2, -0.15) is 5.10 Å². The van der Waals surface area contributed by atoms with E-state index in [0.717, 1.165) is 10.0 Å². The highest BCUT2D eigenvalue weighted by atomic mass is 79.9. The molecule has 0 radical (unpaired) electrons. The highest BCUT2D eigenvalue weighted by molar-refractivity contribution is 9.10. The van der Waals surface area contributed by atoms with E-state index in [0.29, 0.717) is 29.3 Å². The Morgan fingerprint density at radius 3 is 2.82 bits per heavy atom. The number of nitrogens with zero attached hydrogens (tertiary/aromatic N) is 3. The second-order valence-electron chi connectivity index (χ2n) is 7.27. The van der Waals surface area contributed by atoms with Gasteiger partial charge >= 0.3 is 0 Å². The zero-order chi connectivity index (χ0) is 23.4. The maximum absolute atomic E-state index is 12.6. The van der Waals surface area contributed by atoms with Crippen LogP contribution in [-0.4, -0.2) is 20.6 Å². The van der Waals surface area contributed by atoms with Crippen molar-refractivity contribution in [1.82, 2.24) is 9.78 Å². The number of nitrogens with one attached hydrogen (secondary N) is 1. The summed E-state index contributed by atoms with van der Waals surface area (Å²) in [6.07, 6.45) is 3.59. The number of aryl methyl sites for hydroxylation is 1. The number of halogens is 1. The van der Waals surface area contributed by atoms with Crippen molar-refractivity contribution >= 4 is 33.2 Å². The van der Waals surface area contributed by atoms with Crippen LogP contribution in [0, 0.1) is 17.0 Å². The zero-order valence-corrected chi connectivity index (χ0v) is 19.1. The molecule has 4 rings (SSSR count). The normalized spacial score (nSPS) is 10.7. The van der Waals surface area contributed by atoms with E-state index >= 15 is 0 Å². The van der Waals surface area contributed by atoms with Gasteiger partial charge in [-0.05, 0) is 64.8 Å². The van der Waals surface area contributed by atoms with Crippen molar-refractivity contribution in [3.05, 3.63) is 104 Å². The lowest BCUT2D eigenvalue weighted by Crippen LogP contribution is -2.11. The molecule has 0 aliphatic heterocycles. The third-order valence-electron chi connectivity index (χ3n) is 4.76. The number of amides is 1. The summed E-state index contributed by atoms with van der Waals surface area (Å²) in [4.78, 5) is 23.1. The van der Waals surface area contributed by atoms with Crippen LogP contribution in [0.3, 0.4) is 0 Å². The molecule has 0 unspecified atom stereocenters. The molecule has 0 atom stereocenters. The van der Waals surface area contributed by atoms with E-state index < -0.39 is 4.92 Å². The average molecular weight is 511 g/mol. The number of furan rings is 1. The highest BCUT2D eigenvalue weighted by Gasteiger charge is 2.14. The molecule has 1 N–H and O–H groups in total. The summed E-state index contributed by atoms with van der Waals surface area (Å²) in [6, 6.07) is 15.2. The molecule has 10 heteroatoms. The molecule has 9 nitrogen and oxygen atoms in total. The molecule has 0 saturated heterocycles. The van der Waals surface area contributed by atoms with Crippen molar-refractivity contribution in [2.45, 2.75) is 20.1 Å². The van der Waals surface area contributed by atoms with Crippen molar-refractivity contribution in [2.75, 3.05) is 5.32 Å². The van der Waals surface area contributed by atoms with Crippen molar-refractivity contribution in [3.8, 4) is 5.75 Å². The number of anilines is 1. The second-order valence-corrected chi connectivity index (χ2v) is 8.19. The lowest BCUT2D eigenvalue weighted by Gasteiger charge is -2.07. The molecule has 4 aromatic rings. The van der Waals surface area contributed by atoms with E-state index in [1.165, 1.54) is 12.1 Å². The summed E-state index contributed by atoms with van der Waals surface area (Å²) >= 11 is 3.37. The summed E-state index contributed by atoms with van der Waals surface area (Å²) in [5.41, 5.74) is 2.15. The van der Waals surface area contributed by atoms with E-state index in [4.69, 9.17) is 9.15 Å². The Morgan fingerprint density at radius 2 is 2.09 bits per heavy atom. The smallest absolute Gasteiger partial charge is 0.291 e. The molecule has 0 aliphatic rings. The summed E-state index contributed by atoms with van der Waals surface area (Å²) in [7, 11) is 0. The first kappa shape index (κ1) is 22.3. The van der Waals surface area contributed by atoms with Crippen molar-refractivity contribution < 1.29 is 18.9 Å². The quantitative estimate of drug-likeness (QED) is 0.253. The summed E-state index contributed by atoms with van der Waals surface area (Å²) in [5, 5.41) is 18.0. The maximum atomic E-state index is 12.6. The van der Waals surface area contributed by atoms with Crippen LogP contribution in [0.4, 0.5) is 11.4 Å². The molecule has 0 fully saturated rings. The molecule has 1 amide bonds. The molecular weight excluding hydrogens is 492 g/mol. The lowest BCUT2D eigenvalue weighted by atomic mass is 10.2. The first-order chi connectivity index (χ1) is 15.9. The van der Waals surface area contributed by atoms with Crippen LogP contribution in [0.15, 0.2) is 75.9 Å². The molecular formula is C23H19BrN4O5. The molecule has 0 bridgehead atoms. The van der Waals surface area contributed by atoms with Crippen molar-refractivity contribution in [3.63, 3.8) is 0 Å². The van der Waals surface area contributed by atoms with E-state index in [1.54, 1.807) is 42.1 Å². The van der Waals surface area contributed by atoms with Gasteiger partial charge in [0.15, 0.2) is 5.76 Å². The first-order valence-corrected chi connectivity index (χ1v) is 10.7. The number of hydrogen-bond donors (Lipinski definition) is 1. The highest BCUT2D eigenvalue weighted by Crippen LogP contribution is 2.24. The number of aromatic nitrogens is 2. The molecule has 0 aliphatic carbocycles. The van der Waals surface area contributed by atoms with E-state index in [2.05, 4.69) is 26.3 Å². The van der Waals surface area contributed by atoms with Crippen LogP contribution < -0.4 is 10.1 Å². The predicted molar refractivity (Wildman–Crippen MR) is 124 cm³/mol. The fourth-order valence-corrected chi connectivity index (χ4v) is 3.53. The largest absolute Gasteiger partial charge is 0.486 e. The summed E-state index contributed by atoms with van der Waals surface area (Å²) < 4.78 is 13.9. The third kappa shape index (κ3) is 5.66. The average Bonchev–Trinajstić information content (AvgIpc) is 3.41. The van der Waals surface area contributed by atoms with Crippen LogP contribution in [0.5, 0.6) is 5.75 Å². The van der Waals surface area contributed by atoms with Gasteiger partial charge in [-0.3, -0.25) is 19.6 Å². The van der Waals surface area contributed by atoms with Gasteiger partial charge in [0, 0.05) is 23.5 Å². The third-order valence-corrected chi connectivity index (χ3v) is 5.17. The van der Waals surface area contributed by atoms with Crippen molar-refractivity contribution in [2.24, 2.45) is 0 Å². The van der Waals surface area contributed by atoms with E-state index in [-0.39, 0.29) is 24.0 Å². The van der Waals surface area contributed by atoms with Gasteiger partial charge in [0.2, 0.25) is 0 Å². The number of carbonyl (C=O) groups excluding carboxylic acids is 1. The lowest BCUT2D eigenvalue weighted by molar-refractivity contribution is -0.385. The van der Waals surface area contributed by atoms with Crippen LogP contribution in [0.2, 0.25) is 0 Å². The fraction of sp³-hybridized carbons (Fsp3) is 0.130. The van der Waals surface area contributed by atoms with Gasteiger partial charge in [0.05, 0.1) is 22.1 Å². The number of hydrogen-bond acceptors (Lipinski definition) is 6. The molecule has 33 heavy (non-hydrogen) atoms. The number of nitro groups is 1. The number of rotatable bonds is 8.